The average molecular weight is 1340 g/mol. The summed E-state index contributed by atoms with van der Waals surface area (Å²) in [5, 5.41) is 42.9. The molecule has 3 aromatic heterocycles. The maximum atomic E-state index is 13.9. The summed E-state index contributed by atoms with van der Waals surface area (Å²) in [7, 11) is 0. The first-order valence-electron chi connectivity index (χ1n) is 29.0. The predicted molar refractivity (Wildman–Crippen MR) is 340 cm³/mol. The lowest BCUT2D eigenvalue weighted by molar-refractivity contribution is -0.219. The molecule has 0 radical (unpaired) electrons. The van der Waals surface area contributed by atoms with Gasteiger partial charge in [0.2, 0.25) is 65.2 Å². The van der Waals surface area contributed by atoms with E-state index in [1.807, 2.05) is 0 Å². The molecule has 3 aromatic rings. The van der Waals surface area contributed by atoms with Crippen molar-refractivity contribution in [3.8, 4) is 0 Å². The first-order valence-corrected chi connectivity index (χ1v) is 33.5. The lowest BCUT2D eigenvalue weighted by Gasteiger charge is -2.34. The predicted octanol–water partition coefficient (Wildman–Crippen LogP) is -3.78. The number of rotatable bonds is 46. The second kappa shape index (κ2) is 40.4. The third-order valence-electron chi connectivity index (χ3n) is 12.9. The SMILES string of the molecule is Nc1nc(N)nc(CCSCC(=O)NCCCOCC(COCCCNC(=O)CSCCc2nc(N)nc(N)n2)(COCCCNC(=O)CSCCc2nc(N)nc(N)n2)NC(=O)CCC([O-])=NC[C@H](NC(=O)CCCC[C@@H]2SC[C@@H]3NC(=O)N[C@@H]32)C(=O)O)n1. The van der Waals surface area contributed by atoms with Crippen LogP contribution in [0.1, 0.15) is 75.3 Å². The highest BCUT2D eigenvalue weighted by molar-refractivity contribution is 8.00. The number of nitrogens with two attached hydrogens (primary N) is 6. The summed E-state index contributed by atoms with van der Waals surface area (Å²) in [6.45, 7) is 0.0586. The van der Waals surface area contributed by atoms with Crippen LogP contribution in [0, 0.1) is 0 Å². The normalized spacial score (nSPS) is 15.7. The van der Waals surface area contributed by atoms with E-state index in [1.165, 1.54) is 35.3 Å². The number of carboxylic acids is 1. The van der Waals surface area contributed by atoms with Crippen molar-refractivity contribution in [2.24, 2.45) is 4.99 Å². The van der Waals surface area contributed by atoms with Crippen LogP contribution in [-0.2, 0) is 62.2 Å². The van der Waals surface area contributed by atoms with Crippen molar-refractivity contribution in [3.05, 3.63) is 17.5 Å². The number of thioether (sulfide) groups is 4. The quantitative estimate of drug-likeness (QED) is 0.0112. The van der Waals surface area contributed by atoms with Crippen molar-refractivity contribution in [1.29, 1.82) is 0 Å². The molecule has 2 aliphatic heterocycles. The summed E-state index contributed by atoms with van der Waals surface area (Å²) in [6.07, 6.45) is 3.55. The van der Waals surface area contributed by atoms with Crippen molar-refractivity contribution >= 4 is 130 Å². The molecule has 35 nitrogen and oxygen atoms in total. The van der Waals surface area contributed by atoms with Gasteiger partial charge in [-0.25, -0.2) is 9.59 Å². The summed E-state index contributed by atoms with van der Waals surface area (Å²) < 4.78 is 18.4. The van der Waals surface area contributed by atoms with Gasteiger partial charge in [-0.05, 0) is 44.4 Å². The molecular weight excluding hydrogens is 1250 g/mol. The Morgan fingerprint density at radius 1 is 0.600 bits per heavy atom. The molecule has 498 valence electrons. The molecule has 0 unspecified atom stereocenters. The van der Waals surface area contributed by atoms with Gasteiger partial charge in [-0.3, -0.25) is 24.0 Å². The molecule has 0 bridgehead atoms. The van der Waals surface area contributed by atoms with Crippen LogP contribution in [0.15, 0.2) is 4.99 Å². The number of hydrogen-bond acceptors (Lipinski definition) is 31. The second-order valence-corrected chi connectivity index (χ2v) is 25.1. The average Bonchev–Trinajstić information content (AvgIpc) is 1.91. The number of ether oxygens (including phenoxy) is 3. The number of nitrogen functional groups attached to an aromatic ring is 6. The molecule has 0 saturated carbocycles. The third kappa shape index (κ3) is 30.0. The number of anilines is 6. The van der Waals surface area contributed by atoms with E-state index in [1.54, 1.807) is 11.8 Å². The zero-order valence-corrected chi connectivity index (χ0v) is 53.1. The van der Waals surface area contributed by atoms with E-state index in [0.29, 0.717) is 86.1 Å². The summed E-state index contributed by atoms with van der Waals surface area (Å²) >= 11 is 5.85. The Bertz CT molecular complexity index is 2580. The number of aromatic nitrogens is 9. The molecule has 2 fully saturated rings. The fourth-order valence-corrected chi connectivity index (χ4v) is 12.5. The van der Waals surface area contributed by atoms with Crippen molar-refractivity contribution in [3.63, 3.8) is 0 Å². The summed E-state index contributed by atoms with van der Waals surface area (Å²) in [5.74, 6) is 0.184. The van der Waals surface area contributed by atoms with Crippen molar-refractivity contribution in [1.82, 2.24) is 82.1 Å². The van der Waals surface area contributed by atoms with Gasteiger partial charge >= 0.3 is 12.0 Å². The molecule has 5 heterocycles. The molecule has 39 heteroatoms. The lowest BCUT2D eigenvalue weighted by Crippen LogP contribution is -2.58. The van der Waals surface area contributed by atoms with Gasteiger partial charge in [0, 0.05) is 99.8 Å². The van der Waals surface area contributed by atoms with E-state index < -0.39 is 48.2 Å². The number of hydrogen-bond donors (Lipinski definition) is 14. The Balaban J connectivity index is 1.14. The fourth-order valence-electron chi connectivity index (χ4n) is 8.66. The summed E-state index contributed by atoms with van der Waals surface area (Å²) in [5.41, 5.74) is 32.5. The number of aliphatic carboxylic acids is 1. The first kappa shape index (κ1) is 73.4. The maximum absolute atomic E-state index is 13.9. The smallest absolute Gasteiger partial charge is 0.328 e. The number of fused-ring (bicyclic) bond motifs is 1. The monoisotopic (exact) mass is 1340 g/mol. The van der Waals surface area contributed by atoms with Crippen LogP contribution in [0.25, 0.3) is 0 Å². The zero-order valence-electron chi connectivity index (χ0n) is 49.8. The van der Waals surface area contributed by atoms with E-state index >= 15 is 0 Å². The molecule has 20 N–H and O–H groups in total. The maximum Gasteiger partial charge on any atom is 0.328 e. The topological polar surface area (TPSA) is 559 Å². The highest BCUT2D eigenvalue weighted by atomic mass is 32.2. The number of carbonyl (C=O) groups excluding carboxylic acids is 6. The second-order valence-electron chi connectivity index (χ2n) is 20.5. The molecule has 2 aliphatic rings. The number of amides is 7. The molecular formula is C51H82N23O12S4-. The van der Waals surface area contributed by atoms with Gasteiger partial charge in [-0.15, -0.1) is 0 Å². The number of aliphatic imine (C=N–C) groups is 1. The number of unbranched alkanes of at least 4 members (excludes halogenated alkanes) is 1. The molecule has 4 atom stereocenters. The van der Waals surface area contributed by atoms with Crippen LogP contribution < -0.4 is 76.7 Å². The first-order chi connectivity index (χ1) is 43.2. The highest BCUT2D eigenvalue weighted by Gasteiger charge is 2.42. The Hall–Kier alpha value is -7.33. The van der Waals surface area contributed by atoms with Gasteiger partial charge in [-0.1, -0.05) is 6.42 Å². The van der Waals surface area contributed by atoms with Crippen molar-refractivity contribution in [2.45, 2.75) is 106 Å². The molecule has 0 aromatic carbocycles. The van der Waals surface area contributed by atoms with Gasteiger partial charge in [0.15, 0.2) is 0 Å². The van der Waals surface area contributed by atoms with Crippen LogP contribution in [0.5, 0.6) is 0 Å². The van der Waals surface area contributed by atoms with E-state index in [4.69, 9.17) is 48.6 Å². The highest BCUT2D eigenvalue weighted by Crippen LogP contribution is 2.33. The molecule has 0 spiro atoms. The van der Waals surface area contributed by atoms with Gasteiger partial charge in [0.25, 0.3) is 0 Å². The Morgan fingerprint density at radius 3 is 1.46 bits per heavy atom. The Labute approximate surface area is 536 Å². The molecule has 0 aliphatic carbocycles. The third-order valence-corrected chi connectivity index (χ3v) is 17.3. The van der Waals surface area contributed by atoms with E-state index in [-0.39, 0.29) is 166 Å². The minimum absolute atomic E-state index is 0.00972. The number of urea groups is 1. The van der Waals surface area contributed by atoms with E-state index in [2.05, 4.69) is 87.1 Å². The van der Waals surface area contributed by atoms with Gasteiger partial charge in [0.05, 0.1) is 55.7 Å². The minimum Gasteiger partial charge on any atom is -0.862 e. The number of nitrogens with zero attached hydrogens (tertiary/aromatic N) is 10. The van der Waals surface area contributed by atoms with Crippen molar-refractivity contribution < 1.29 is 58.0 Å². The van der Waals surface area contributed by atoms with Crippen LogP contribution in [0.4, 0.5) is 40.5 Å². The van der Waals surface area contributed by atoms with Gasteiger partial charge in [-0.2, -0.15) is 91.9 Å². The fraction of sp³-hybridized carbons (Fsp3) is 0.667. The number of aryl methyl sites for hydroxylation is 3. The van der Waals surface area contributed by atoms with Crippen molar-refractivity contribution in [2.75, 3.05) is 140 Å². The number of nitrogens with one attached hydrogen (secondary N) is 7. The number of carboxylic acid groups (broad SMARTS) is 1. The molecule has 90 heavy (non-hydrogen) atoms. The summed E-state index contributed by atoms with van der Waals surface area (Å²) in [4.78, 5) is 128. The molecule has 2 saturated heterocycles. The van der Waals surface area contributed by atoms with Crippen LogP contribution in [0.2, 0.25) is 0 Å². The van der Waals surface area contributed by atoms with Gasteiger partial charge in [0.1, 0.15) is 29.1 Å². The van der Waals surface area contributed by atoms with E-state index in [9.17, 15) is 43.8 Å². The van der Waals surface area contributed by atoms with Crippen LogP contribution >= 0.6 is 47.0 Å². The molecule has 5 rings (SSSR count). The largest absolute Gasteiger partial charge is 0.862 e. The zero-order chi connectivity index (χ0) is 65.1. The van der Waals surface area contributed by atoms with E-state index in [0.717, 1.165) is 12.2 Å². The van der Waals surface area contributed by atoms with Gasteiger partial charge < -0.3 is 101 Å². The van der Waals surface area contributed by atoms with Crippen LogP contribution in [-0.4, -0.2) is 232 Å². The summed E-state index contributed by atoms with van der Waals surface area (Å²) in [6, 6.07) is -1.58. The lowest BCUT2D eigenvalue weighted by atomic mass is 10.0. The molecule has 7 amide bonds. The number of carbonyl (C=O) groups is 7. The minimum atomic E-state index is -1.49. The Kier molecular flexibility index (Phi) is 33.0. The van der Waals surface area contributed by atoms with Crippen LogP contribution in [0.3, 0.4) is 0 Å². The standard InChI is InChI=1S/C51H83N23O12S4/c52-44-64-33(65-45(53)71-44)10-19-87-24-39(78)58-13-3-16-84-27-51(28-85-17-4-14-59-40(79)25-88-20-11-34-66-46(54)72-47(55)67-34,29-86-18-5-15-60-41(80)26-89-21-12-35-68-48(56)73-49(57)69-35)74-38(77)9-8-36(75)61-22-30(43(81)82)62-37(76)7-2-1-6-32-42-31(23-90-32)63-50(83)70-42/h30-32,42H,1-29H2,(H,58,78)(H,59,79)(H,60,80)(H,61,75)(H,62,76)(H,74,77)(H,81,82)(H2,63,70,83)(H4,52,53,64,65,71)(H4,54,55,66,67,72)(H4,56,57,68,69,73)/p-1/t30-,31-,32-,42-/m0/s1. The Morgan fingerprint density at radius 2 is 1.03 bits per heavy atom.